The van der Waals surface area contributed by atoms with Crippen LogP contribution in [0.2, 0.25) is 0 Å². The number of hydrogen-bond donors (Lipinski definition) is 3. The van der Waals surface area contributed by atoms with E-state index in [1.807, 2.05) is 6.07 Å². The van der Waals surface area contributed by atoms with E-state index in [1.165, 1.54) is 6.92 Å². The van der Waals surface area contributed by atoms with E-state index >= 15 is 0 Å². The standard InChI is InChI=1S/C24H21NO5S/c1-16(17-9-3-2-4-10-17)24(28,23(26)27)25-31(29,30)22-20-13-7-5-11-18(20)15-19-12-6-8-14-21(19)22/h2-16,25,28H,1H3,(H,26,27)/t16-,24+/m0/s1. The predicted molar refractivity (Wildman–Crippen MR) is 119 cm³/mol. The van der Waals surface area contributed by atoms with E-state index in [9.17, 15) is 23.4 Å². The van der Waals surface area contributed by atoms with Gasteiger partial charge in [-0.2, -0.15) is 4.72 Å². The fourth-order valence-corrected chi connectivity index (χ4v) is 5.54. The molecule has 0 unspecified atom stereocenters. The average Bonchev–Trinajstić information content (AvgIpc) is 2.76. The number of aliphatic hydroxyl groups is 1. The highest BCUT2D eigenvalue weighted by Gasteiger charge is 2.46. The molecule has 4 aromatic rings. The number of carbonyl (C=O) groups is 1. The van der Waals surface area contributed by atoms with Crippen LogP contribution >= 0.6 is 0 Å². The Kier molecular flexibility index (Phi) is 5.26. The van der Waals surface area contributed by atoms with E-state index in [2.05, 4.69) is 4.72 Å². The molecule has 0 aliphatic carbocycles. The first-order chi connectivity index (χ1) is 14.7. The summed E-state index contributed by atoms with van der Waals surface area (Å²) in [4.78, 5) is 12.0. The molecule has 6 nitrogen and oxygen atoms in total. The molecule has 0 amide bonds. The molecule has 31 heavy (non-hydrogen) atoms. The number of fused-ring (bicyclic) bond motifs is 2. The molecule has 7 heteroatoms. The summed E-state index contributed by atoms with van der Waals surface area (Å²) in [7, 11) is -4.45. The number of sulfonamides is 1. The number of hydrogen-bond acceptors (Lipinski definition) is 4. The van der Waals surface area contributed by atoms with Crippen LogP contribution in [0.1, 0.15) is 18.4 Å². The fourth-order valence-electron chi connectivity index (χ4n) is 3.82. The summed E-state index contributed by atoms with van der Waals surface area (Å²) < 4.78 is 29.3. The lowest BCUT2D eigenvalue weighted by Gasteiger charge is -2.31. The van der Waals surface area contributed by atoms with Crippen LogP contribution in [0.4, 0.5) is 0 Å². The Morgan fingerprint density at radius 3 is 1.87 bits per heavy atom. The zero-order valence-electron chi connectivity index (χ0n) is 16.7. The summed E-state index contributed by atoms with van der Waals surface area (Å²) in [6.45, 7) is 1.47. The average molecular weight is 436 g/mol. The van der Waals surface area contributed by atoms with E-state index in [0.717, 1.165) is 0 Å². The number of benzene rings is 4. The number of nitrogens with one attached hydrogen (secondary N) is 1. The molecule has 0 saturated carbocycles. The van der Waals surface area contributed by atoms with Crippen molar-refractivity contribution in [1.82, 2.24) is 4.72 Å². The fraction of sp³-hybridized carbons (Fsp3) is 0.125. The molecule has 0 spiro atoms. The molecule has 0 aromatic heterocycles. The molecule has 0 radical (unpaired) electrons. The van der Waals surface area contributed by atoms with Crippen LogP contribution < -0.4 is 4.72 Å². The zero-order chi connectivity index (χ0) is 22.2. The third kappa shape index (κ3) is 3.67. The Morgan fingerprint density at radius 1 is 0.871 bits per heavy atom. The van der Waals surface area contributed by atoms with E-state index in [1.54, 1.807) is 78.9 Å². The van der Waals surface area contributed by atoms with Gasteiger partial charge in [-0.1, -0.05) is 85.8 Å². The number of aliphatic carboxylic acids is 1. The van der Waals surface area contributed by atoms with Crippen LogP contribution in [-0.2, 0) is 14.8 Å². The summed E-state index contributed by atoms with van der Waals surface area (Å²) in [5.74, 6) is -2.74. The van der Waals surface area contributed by atoms with Crippen molar-refractivity contribution in [2.75, 3.05) is 0 Å². The second kappa shape index (κ2) is 7.77. The van der Waals surface area contributed by atoms with Gasteiger partial charge in [-0.05, 0) is 22.4 Å². The molecule has 0 heterocycles. The maximum atomic E-state index is 13.6. The second-order valence-electron chi connectivity index (χ2n) is 7.46. The molecule has 0 aliphatic heterocycles. The van der Waals surface area contributed by atoms with Gasteiger partial charge in [0.15, 0.2) is 0 Å². The van der Waals surface area contributed by atoms with Crippen molar-refractivity contribution >= 4 is 37.5 Å². The van der Waals surface area contributed by atoms with Gasteiger partial charge in [-0.25, -0.2) is 13.2 Å². The molecule has 4 aromatic carbocycles. The highest BCUT2D eigenvalue weighted by atomic mass is 32.2. The summed E-state index contributed by atoms with van der Waals surface area (Å²) >= 11 is 0. The molecule has 0 saturated heterocycles. The molecule has 158 valence electrons. The van der Waals surface area contributed by atoms with Crippen LogP contribution in [0.25, 0.3) is 21.5 Å². The lowest BCUT2D eigenvalue weighted by atomic mass is 9.91. The number of rotatable bonds is 6. The summed E-state index contributed by atoms with van der Waals surface area (Å²) in [5, 5.41) is 23.1. The van der Waals surface area contributed by atoms with Crippen LogP contribution in [-0.4, -0.2) is 30.3 Å². The number of carboxylic acids is 1. The zero-order valence-corrected chi connectivity index (χ0v) is 17.5. The quantitative estimate of drug-likeness (QED) is 0.315. The van der Waals surface area contributed by atoms with Crippen LogP contribution in [0.3, 0.4) is 0 Å². The maximum absolute atomic E-state index is 13.6. The Balaban J connectivity index is 1.92. The van der Waals surface area contributed by atoms with E-state index in [4.69, 9.17) is 0 Å². The highest BCUT2D eigenvalue weighted by Crippen LogP contribution is 2.34. The van der Waals surface area contributed by atoms with Crippen LogP contribution in [0, 0.1) is 0 Å². The predicted octanol–water partition coefficient (Wildman–Crippen LogP) is 3.85. The minimum Gasteiger partial charge on any atom is -0.478 e. The molecular weight excluding hydrogens is 414 g/mol. The smallest absolute Gasteiger partial charge is 0.352 e. The number of carboxylic acid groups (broad SMARTS) is 1. The van der Waals surface area contributed by atoms with Gasteiger partial charge in [0.25, 0.3) is 0 Å². The minimum absolute atomic E-state index is 0.0684. The third-order valence-corrected chi connectivity index (χ3v) is 7.09. The molecular formula is C24H21NO5S. The minimum atomic E-state index is -4.45. The molecule has 0 bridgehead atoms. The van der Waals surface area contributed by atoms with Crippen molar-refractivity contribution in [3.05, 3.63) is 90.5 Å². The summed E-state index contributed by atoms with van der Waals surface area (Å²) in [6, 6.07) is 24.2. The summed E-state index contributed by atoms with van der Waals surface area (Å²) in [5.41, 5.74) is -2.27. The van der Waals surface area contributed by atoms with E-state index in [0.29, 0.717) is 27.1 Å². The van der Waals surface area contributed by atoms with Crippen molar-refractivity contribution in [3.8, 4) is 0 Å². The molecule has 0 aliphatic rings. The molecule has 2 atom stereocenters. The van der Waals surface area contributed by atoms with Crippen molar-refractivity contribution < 1.29 is 23.4 Å². The van der Waals surface area contributed by atoms with E-state index in [-0.39, 0.29) is 4.90 Å². The van der Waals surface area contributed by atoms with Gasteiger partial charge in [-0.3, -0.25) is 0 Å². The summed E-state index contributed by atoms with van der Waals surface area (Å²) in [6.07, 6.45) is 0. The first-order valence-corrected chi connectivity index (χ1v) is 11.2. The van der Waals surface area contributed by atoms with Crippen LogP contribution in [0.15, 0.2) is 89.8 Å². The molecule has 4 rings (SSSR count). The second-order valence-corrected chi connectivity index (χ2v) is 9.08. The Labute approximate surface area is 179 Å². The monoisotopic (exact) mass is 435 g/mol. The topological polar surface area (TPSA) is 104 Å². The lowest BCUT2D eigenvalue weighted by molar-refractivity contribution is -0.162. The van der Waals surface area contributed by atoms with Crippen LogP contribution in [0.5, 0.6) is 0 Å². The van der Waals surface area contributed by atoms with Gasteiger partial charge >= 0.3 is 5.97 Å². The molecule has 3 N–H and O–H groups in total. The van der Waals surface area contributed by atoms with Gasteiger partial charge in [0.05, 0.1) is 4.90 Å². The SMILES string of the molecule is C[C@@H](c1ccccc1)[C@](O)(NS(=O)(=O)c1c2ccccc2cc2ccccc12)C(=O)O. The molecule has 0 fully saturated rings. The first kappa shape index (κ1) is 21.0. The van der Waals surface area contributed by atoms with Crippen molar-refractivity contribution in [1.29, 1.82) is 0 Å². The largest absolute Gasteiger partial charge is 0.478 e. The Morgan fingerprint density at radius 2 is 1.35 bits per heavy atom. The highest BCUT2D eigenvalue weighted by molar-refractivity contribution is 7.90. The first-order valence-electron chi connectivity index (χ1n) is 9.69. The Bertz CT molecular complexity index is 1330. The van der Waals surface area contributed by atoms with Crippen molar-refractivity contribution in [2.24, 2.45) is 0 Å². The van der Waals surface area contributed by atoms with Gasteiger partial charge in [0.1, 0.15) is 0 Å². The van der Waals surface area contributed by atoms with Gasteiger partial charge in [0, 0.05) is 16.7 Å². The normalized spacial score (nSPS) is 14.9. The van der Waals surface area contributed by atoms with Gasteiger partial charge < -0.3 is 10.2 Å². The van der Waals surface area contributed by atoms with Gasteiger partial charge in [0.2, 0.25) is 15.7 Å². The Hall–Kier alpha value is -3.26. The van der Waals surface area contributed by atoms with E-state index < -0.39 is 27.6 Å². The van der Waals surface area contributed by atoms with Crippen molar-refractivity contribution in [2.45, 2.75) is 23.5 Å². The maximum Gasteiger partial charge on any atom is 0.352 e. The van der Waals surface area contributed by atoms with Gasteiger partial charge in [-0.15, -0.1) is 0 Å². The van der Waals surface area contributed by atoms with Crippen molar-refractivity contribution in [3.63, 3.8) is 0 Å². The lowest BCUT2D eigenvalue weighted by Crippen LogP contribution is -2.57. The third-order valence-electron chi connectivity index (χ3n) is 5.53.